The Morgan fingerprint density at radius 1 is 1.38 bits per heavy atom. The lowest BCUT2D eigenvalue weighted by atomic mass is 10.1. The minimum atomic E-state index is -0.740. The van der Waals surface area contributed by atoms with Crippen LogP contribution < -0.4 is 0 Å². The first-order chi connectivity index (χ1) is 12.4. The van der Waals surface area contributed by atoms with E-state index in [9.17, 15) is 9.90 Å². The number of ether oxygens (including phenoxy) is 1. The van der Waals surface area contributed by atoms with Crippen LogP contribution in [-0.2, 0) is 16.1 Å². The Kier molecular flexibility index (Phi) is 5.13. The van der Waals surface area contributed by atoms with Crippen LogP contribution in [0.25, 0.3) is 16.6 Å². The molecule has 1 aromatic heterocycles. The number of nitrogens with zero attached hydrogens (tertiary/aromatic N) is 3. The van der Waals surface area contributed by atoms with E-state index >= 15 is 0 Å². The molecular weight excluding hydrogens is 330 g/mol. The van der Waals surface area contributed by atoms with Crippen molar-refractivity contribution >= 4 is 22.6 Å². The lowest BCUT2D eigenvalue weighted by Gasteiger charge is -2.26. The maximum atomic E-state index is 12.0. The smallest absolute Gasteiger partial charge is 0.373 e. The normalized spacial score (nSPS) is 19.6. The van der Waals surface area contributed by atoms with Crippen LogP contribution in [0.15, 0.2) is 41.7 Å². The number of aliphatic hydroxyl groups is 1. The zero-order chi connectivity index (χ0) is 18.8. The number of imidazole rings is 1. The van der Waals surface area contributed by atoms with Gasteiger partial charge in [-0.3, -0.25) is 4.90 Å². The summed E-state index contributed by atoms with van der Waals surface area (Å²) in [6, 6.07) is 8.07. The summed E-state index contributed by atoms with van der Waals surface area (Å²) in [4.78, 5) is 18.9. The molecule has 6 nitrogen and oxygen atoms in total. The van der Waals surface area contributed by atoms with Crippen LogP contribution in [0.5, 0.6) is 0 Å². The highest BCUT2D eigenvalue weighted by molar-refractivity contribution is 5.95. The first-order valence-electron chi connectivity index (χ1n) is 8.75. The summed E-state index contributed by atoms with van der Waals surface area (Å²) in [5.74, 6) is -0.490. The Balaban J connectivity index is 2.16. The molecule has 138 valence electrons. The molecule has 3 rings (SSSR count). The van der Waals surface area contributed by atoms with Crippen molar-refractivity contribution < 1.29 is 14.6 Å². The van der Waals surface area contributed by atoms with Crippen LogP contribution in [0.2, 0.25) is 0 Å². The fourth-order valence-electron chi connectivity index (χ4n) is 3.25. The summed E-state index contributed by atoms with van der Waals surface area (Å²) < 4.78 is 6.82. The number of hydrogen-bond acceptors (Lipinski definition) is 5. The second-order valence-corrected chi connectivity index (χ2v) is 6.91. The number of allylic oxidation sites excluding steroid dienone is 1. The zero-order valence-electron chi connectivity index (χ0n) is 15.7. The van der Waals surface area contributed by atoms with E-state index in [1.54, 1.807) is 0 Å². The number of fused-ring (bicyclic) bond motifs is 3. The van der Waals surface area contributed by atoms with E-state index in [0.717, 1.165) is 24.1 Å². The summed E-state index contributed by atoms with van der Waals surface area (Å²) in [5, 5.41) is 10.5. The van der Waals surface area contributed by atoms with Crippen molar-refractivity contribution in [1.82, 2.24) is 14.5 Å². The van der Waals surface area contributed by atoms with Gasteiger partial charge in [-0.2, -0.15) is 0 Å². The van der Waals surface area contributed by atoms with Gasteiger partial charge in [0.1, 0.15) is 5.82 Å². The molecule has 0 aliphatic carbocycles. The maximum absolute atomic E-state index is 12.0. The maximum Gasteiger partial charge on any atom is 0.373 e. The van der Waals surface area contributed by atoms with E-state index in [0.29, 0.717) is 17.9 Å². The van der Waals surface area contributed by atoms with Gasteiger partial charge in [-0.05, 0) is 32.9 Å². The first-order valence-corrected chi connectivity index (χ1v) is 8.75. The van der Waals surface area contributed by atoms with E-state index in [4.69, 9.17) is 9.72 Å². The van der Waals surface area contributed by atoms with Crippen molar-refractivity contribution in [1.29, 1.82) is 0 Å². The summed E-state index contributed by atoms with van der Waals surface area (Å²) in [6.45, 7) is 8.16. The van der Waals surface area contributed by atoms with E-state index in [2.05, 4.69) is 36.3 Å². The highest BCUT2D eigenvalue weighted by atomic mass is 16.5. The van der Waals surface area contributed by atoms with Gasteiger partial charge in [0, 0.05) is 25.7 Å². The molecule has 0 saturated carbocycles. The molecule has 1 N–H and O–H groups in total. The van der Waals surface area contributed by atoms with Gasteiger partial charge in [0.15, 0.2) is 0 Å². The second-order valence-electron chi connectivity index (χ2n) is 6.91. The summed E-state index contributed by atoms with van der Waals surface area (Å²) in [6.07, 6.45) is 2.15. The van der Waals surface area contributed by atoms with Gasteiger partial charge < -0.3 is 14.4 Å². The molecule has 2 heterocycles. The van der Waals surface area contributed by atoms with E-state index in [1.165, 1.54) is 12.7 Å². The number of methoxy groups -OCH3 is 1. The molecule has 1 aromatic carbocycles. The molecule has 2 aromatic rings. The summed E-state index contributed by atoms with van der Waals surface area (Å²) >= 11 is 0. The van der Waals surface area contributed by atoms with Gasteiger partial charge in [0.25, 0.3) is 0 Å². The largest absolute Gasteiger partial charge is 0.502 e. The standard InChI is InChI=1S/C20H25N3O3/c1-13(2)9-10-22-12-15(18(24)20(25)26-4)19-21-16-7-5-6-8-17(16)23(19)11-14(22)3/h5-9,14,24H,10-12H2,1-4H3/b18-15-. The number of aromatic nitrogens is 2. The van der Waals surface area contributed by atoms with Crippen molar-refractivity contribution in [2.24, 2.45) is 0 Å². The zero-order valence-corrected chi connectivity index (χ0v) is 15.7. The monoisotopic (exact) mass is 355 g/mol. The Morgan fingerprint density at radius 2 is 2.12 bits per heavy atom. The number of aliphatic hydroxyl groups excluding tert-OH is 1. The molecule has 0 saturated heterocycles. The number of para-hydroxylation sites is 2. The van der Waals surface area contributed by atoms with E-state index in [-0.39, 0.29) is 11.8 Å². The van der Waals surface area contributed by atoms with Gasteiger partial charge >= 0.3 is 5.97 Å². The fraction of sp³-hybridized carbons (Fsp3) is 0.400. The fourth-order valence-corrected chi connectivity index (χ4v) is 3.25. The quantitative estimate of drug-likeness (QED) is 0.396. The van der Waals surface area contributed by atoms with Crippen LogP contribution >= 0.6 is 0 Å². The van der Waals surface area contributed by atoms with Gasteiger partial charge in [-0.15, -0.1) is 0 Å². The average Bonchev–Trinajstić information content (AvgIpc) is 2.92. The van der Waals surface area contributed by atoms with E-state index < -0.39 is 5.97 Å². The number of rotatable bonds is 3. The van der Waals surface area contributed by atoms with Crippen LogP contribution in [0.1, 0.15) is 26.6 Å². The van der Waals surface area contributed by atoms with Gasteiger partial charge in [0.2, 0.25) is 5.76 Å². The number of carbonyl (C=O) groups is 1. The molecule has 1 atom stereocenters. The lowest BCUT2D eigenvalue weighted by Crippen LogP contribution is -2.35. The second kappa shape index (κ2) is 7.33. The average molecular weight is 355 g/mol. The molecule has 0 radical (unpaired) electrons. The number of benzene rings is 1. The topological polar surface area (TPSA) is 67.6 Å². The molecule has 26 heavy (non-hydrogen) atoms. The van der Waals surface area contributed by atoms with Crippen LogP contribution in [0.4, 0.5) is 0 Å². The third-order valence-electron chi connectivity index (χ3n) is 4.75. The summed E-state index contributed by atoms with van der Waals surface area (Å²) in [7, 11) is 1.27. The molecule has 0 fully saturated rings. The highest BCUT2D eigenvalue weighted by Gasteiger charge is 2.30. The molecule has 6 heteroatoms. The van der Waals surface area contributed by atoms with Crippen LogP contribution in [-0.4, -0.2) is 51.8 Å². The highest BCUT2D eigenvalue weighted by Crippen LogP contribution is 2.29. The Morgan fingerprint density at radius 3 is 2.81 bits per heavy atom. The third-order valence-corrected chi connectivity index (χ3v) is 4.75. The number of carbonyl (C=O) groups excluding carboxylic acids is 1. The predicted molar refractivity (Wildman–Crippen MR) is 102 cm³/mol. The Hall–Kier alpha value is -2.60. The summed E-state index contributed by atoms with van der Waals surface area (Å²) in [5.41, 5.74) is 3.57. The van der Waals surface area contributed by atoms with Crippen molar-refractivity contribution in [3.8, 4) is 0 Å². The van der Waals surface area contributed by atoms with Gasteiger partial charge in [-0.1, -0.05) is 23.8 Å². The van der Waals surface area contributed by atoms with Gasteiger partial charge in [-0.25, -0.2) is 9.78 Å². The minimum Gasteiger partial charge on any atom is -0.502 e. The lowest BCUT2D eigenvalue weighted by molar-refractivity contribution is -0.138. The molecule has 0 amide bonds. The van der Waals surface area contributed by atoms with Crippen molar-refractivity contribution in [3.05, 3.63) is 47.5 Å². The Bertz CT molecular complexity index is 891. The molecule has 1 aliphatic rings. The van der Waals surface area contributed by atoms with Gasteiger partial charge in [0.05, 0.1) is 23.7 Å². The minimum absolute atomic E-state index is 0.213. The van der Waals surface area contributed by atoms with Crippen LogP contribution in [0.3, 0.4) is 0 Å². The molecule has 0 bridgehead atoms. The first kappa shape index (κ1) is 18.2. The van der Waals surface area contributed by atoms with Crippen molar-refractivity contribution in [2.75, 3.05) is 20.2 Å². The Labute approximate surface area is 153 Å². The van der Waals surface area contributed by atoms with Crippen LogP contribution in [0, 0.1) is 0 Å². The molecule has 1 aliphatic heterocycles. The SMILES string of the molecule is COC(=O)/C(O)=C1\CN(CC=C(C)C)C(C)Cn2c1nc1ccccc12. The molecular formula is C20H25N3O3. The predicted octanol–water partition coefficient (Wildman–Crippen LogP) is 3.15. The van der Waals surface area contributed by atoms with Crippen molar-refractivity contribution in [3.63, 3.8) is 0 Å². The third kappa shape index (κ3) is 3.37. The molecule has 0 spiro atoms. The number of hydrogen-bond donors (Lipinski definition) is 1. The van der Waals surface area contributed by atoms with Crippen molar-refractivity contribution in [2.45, 2.75) is 33.4 Å². The molecule has 1 unspecified atom stereocenters. The van der Waals surface area contributed by atoms with E-state index in [1.807, 2.05) is 24.3 Å². The number of esters is 1.